The highest BCUT2D eigenvalue weighted by molar-refractivity contribution is 5.81. The van der Waals surface area contributed by atoms with E-state index in [0.29, 0.717) is 6.54 Å². The quantitative estimate of drug-likeness (QED) is 0.668. The van der Waals surface area contributed by atoms with Crippen molar-refractivity contribution in [2.75, 3.05) is 40.1 Å². The second-order valence-corrected chi connectivity index (χ2v) is 6.30. The number of aliphatic carboxylic acids is 1. The second-order valence-electron chi connectivity index (χ2n) is 6.30. The third-order valence-electron chi connectivity index (χ3n) is 4.60. The first-order chi connectivity index (χ1) is 13.6. The molecule has 2 aromatic carbocycles. The maximum atomic E-state index is 12.5. The van der Waals surface area contributed by atoms with Crippen molar-refractivity contribution in [3.05, 3.63) is 59.7 Å². The summed E-state index contributed by atoms with van der Waals surface area (Å²) in [5, 5.41) is 8.53. The molecular formula is C21H23NO6. The van der Waals surface area contributed by atoms with Crippen LogP contribution in [0, 0.1) is 0 Å². The van der Waals surface area contributed by atoms with Crippen molar-refractivity contribution >= 4 is 12.1 Å². The van der Waals surface area contributed by atoms with E-state index in [2.05, 4.69) is 12.1 Å². The summed E-state index contributed by atoms with van der Waals surface area (Å²) in [6, 6.07) is 15.8. The molecule has 0 saturated carbocycles. The van der Waals surface area contributed by atoms with Gasteiger partial charge in [-0.05, 0) is 22.3 Å². The minimum absolute atomic E-state index is 0.180. The number of fused-ring (bicyclic) bond motifs is 3. The van der Waals surface area contributed by atoms with Gasteiger partial charge in [-0.3, -0.25) is 4.90 Å². The molecule has 0 radical (unpaired) electrons. The van der Waals surface area contributed by atoms with Crippen LogP contribution in [0.2, 0.25) is 0 Å². The van der Waals surface area contributed by atoms with Gasteiger partial charge < -0.3 is 19.3 Å². The van der Waals surface area contributed by atoms with Gasteiger partial charge in [-0.15, -0.1) is 0 Å². The zero-order valence-corrected chi connectivity index (χ0v) is 15.7. The van der Waals surface area contributed by atoms with Crippen LogP contribution in [0.3, 0.4) is 0 Å². The van der Waals surface area contributed by atoms with Crippen LogP contribution in [-0.2, 0) is 19.0 Å². The van der Waals surface area contributed by atoms with Crippen molar-refractivity contribution < 1.29 is 28.9 Å². The molecule has 7 nitrogen and oxygen atoms in total. The fourth-order valence-electron chi connectivity index (χ4n) is 3.45. The summed E-state index contributed by atoms with van der Waals surface area (Å²) < 4.78 is 15.5. The Hall–Kier alpha value is -2.90. The summed E-state index contributed by atoms with van der Waals surface area (Å²) >= 11 is 0. The highest BCUT2D eigenvalue weighted by Gasteiger charge is 2.35. The number of methoxy groups -OCH3 is 1. The number of hydrogen-bond acceptors (Lipinski definition) is 5. The van der Waals surface area contributed by atoms with Crippen molar-refractivity contribution in [1.82, 2.24) is 4.90 Å². The van der Waals surface area contributed by atoms with Gasteiger partial charge in [0.25, 0.3) is 0 Å². The monoisotopic (exact) mass is 385 g/mol. The molecular weight excluding hydrogens is 362 g/mol. The van der Waals surface area contributed by atoms with Gasteiger partial charge in [0.15, 0.2) is 0 Å². The molecule has 28 heavy (non-hydrogen) atoms. The van der Waals surface area contributed by atoms with Gasteiger partial charge in [0, 0.05) is 6.54 Å². The Labute approximate surface area is 163 Å². The molecule has 0 fully saturated rings. The first-order valence-electron chi connectivity index (χ1n) is 9.03. The summed E-state index contributed by atoms with van der Waals surface area (Å²) in [6.45, 7) is 0.693. The molecule has 1 N–H and O–H groups in total. The van der Waals surface area contributed by atoms with Gasteiger partial charge >= 0.3 is 12.1 Å². The summed E-state index contributed by atoms with van der Waals surface area (Å²) in [6.07, 6.45) is -0.428. The Morgan fingerprint density at radius 2 is 1.50 bits per heavy atom. The average Bonchev–Trinajstić information content (AvgIpc) is 3.04. The van der Waals surface area contributed by atoms with Crippen molar-refractivity contribution in [2.24, 2.45) is 0 Å². The maximum absolute atomic E-state index is 12.5. The maximum Gasteiger partial charge on any atom is 0.410 e. The fourth-order valence-corrected chi connectivity index (χ4v) is 3.45. The van der Waals surface area contributed by atoms with Crippen LogP contribution >= 0.6 is 0 Å². The molecule has 1 amide bonds. The number of benzene rings is 2. The number of carbonyl (C=O) groups excluding carboxylic acids is 1. The Morgan fingerprint density at radius 1 is 0.929 bits per heavy atom. The molecule has 0 atom stereocenters. The van der Waals surface area contributed by atoms with Crippen LogP contribution in [0.25, 0.3) is 11.1 Å². The zero-order chi connectivity index (χ0) is 19.9. The van der Waals surface area contributed by atoms with E-state index in [9.17, 15) is 9.59 Å². The number of carboxylic acid groups (broad SMARTS) is 1. The highest BCUT2D eigenvalue weighted by Crippen LogP contribution is 2.46. The molecule has 148 valence electrons. The lowest BCUT2D eigenvalue weighted by atomic mass is 10.0. The largest absolute Gasteiger partial charge is 0.480 e. The van der Waals surface area contributed by atoms with E-state index in [-0.39, 0.29) is 32.5 Å². The number of nitrogens with zero attached hydrogens (tertiary/aromatic N) is 1. The minimum Gasteiger partial charge on any atom is -0.480 e. The Morgan fingerprint density at radius 3 is 2.07 bits per heavy atom. The van der Waals surface area contributed by atoms with Gasteiger partial charge in [-0.1, -0.05) is 48.5 Å². The smallest absolute Gasteiger partial charge is 0.410 e. The Bertz CT molecular complexity index is 792. The lowest BCUT2D eigenvalue weighted by Gasteiger charge is -2.29. The summed E-state index contributed by atoms with van der Waals surface area (Å²) in [5.41, 5.74) is 4.33. The summed E-state index contributed by atoms with van der Waals surface area (Å²) in [7, 11) is 1.36. The van der Waals surface area contributed by atoms with Crippen molar-refractivity contribution in [3.63, 3.8) is 0 Å². The number of rotatable bonds is 9. The van der Waals surface area contributed by atoms with E-state index in [0.717, 1.165) is 22.3 Å². The molecule has 1 aliphatic carbocycles. The van der Waals surface area contributed by atoms with Crippen molar-refractivity contribution in [2.45, 2.75) is 6.04 Å². The van der Waals surface area contributed by atoms with E-state index in [1.165, 1.54) is 7.11 Å². The van der Waals surface area contributed by atoms with Gasteiger partial charge in [-0.2, -0.15) is 0 Å². The minimum atomic E-state index is -1.02. The molecule has 0 aliphatic heterocycles. The van der Waals surface area contributed by atoms with Crippen LogP contribution < -0.4 is 0 Å². The van der Waals surface area contributed by atoms with E-state index in [1.54, 1.807) is 4.90 Å². The normalized spacial score (nSPS) is 12.3. The predicted molar refractivity (Wildman–Crippen MR) is 102 cm³/mol. The van der Waals surface area contributed by atoms with Crippen molar-refractivity contribution in [3.8, 4) is 11.1 Å². The van der Waals surface area contributed by atoms with Gasteiger partial charge in [0.1, 0.15) is 6.61 Å². The van der Waals surface area contributed by atoms with E-state index in [4.69, 9.17) is 19.3 Å². The van der Waals surface area contributed by atoms with Crippen LogP contribution in [0.4, 0.5) is 4.79 Å². The lowest BCUT2D eigenvalue weighted by molar-refractivity contribution is -0.142. The summed E-state index contributed by atoms with van der Waals surface area (Å²) in [4.78, 5) is 24.6. The van der Waals surface area contributed by atoms with Gasteiger partial charge in [0.2, 0.25) is 0 Å². The topological polar surface area (TPSA) is 85.3 Å². The highest BCUT2D eigenvalue weighted by atomic mass is 16.5. The van der Waals surface area contributed by atoms with Crippen LogP contribution in [0.15, 0.2) is 48.5 Å². The zero-order valence-electron chi connectivity index (χ0n) is 15.7. The molecule has 3 rings (SSSR count). The number of amides is 1. The third-order valence-corrected chi connectivity index (χ3v) is 4.60. The molecule has 0 aromatic heterocycles. The fraction of sp³-hybridized carbons (Fsp3) is 0.333. The third kappa shape index (κ3) is 4.32. The molecule has 0 spiro atoms. The average molecular weight is 385 g/mol. The SMILES string of the molecule is COC(=O)N(CCOCCOCC(=O)O)C1c2ccccc2-c2ccccc21. The molecule has 0 unspecified atom stereocenters. The molecule has 2 aromatic rings. The molecule has 1 aliphatic rings. The van der Waals surface area contributed by atoms with E-state index >= 15 is 0 Å². The van der Waals surface area contributed by atoms with Crippen LogP contribution in [-0.4, -0.2) is 62.2 Å². The molecule has 0 heterocycles. The predicted octanol–water partition coefficient (Wildman–Crippen LogP) is 2.94. The van der Waals surface area contributed by atoms with Gasteiger partial charge in [0.05, 0.1) is 33.0 Å². The van der Waals surface area contributed by atoms with E-state index < -0.39 is 12.1 Å². The van der Waals surface area contributed by atoms with Crippen LogP contribution in [0.5, 0.6) is 0 Å². The number of hydrogen-bond donors (Lipinski definition) is 1. The molecule has 7 heteroatoms. The van der Waals surface area contributed by atoms with Gasteiger partial charge in [-0.25, -0.2) is 9.59 Å². The number of carboxylic acids is 1. The standard InChI is InChI=1S/C21H23NO6/c1-26-21(25)22(10-11-27-12-13-28-14-19(23)24)20-17-8-4-2-6-15(17)16-7-3-5-9-18(16)20/h2-9,20H,10-14H2,1H3,(H,23,24). The number of ether oxygens (including phenoxy) is 3. The Balaban J connectivity index is 1.70. The van der Waals surface area contributed by atoms with Crippen molar-refractivity contribution in [1.29, 1.82) is 0 Å². The first-order valence-corrected chi connectivity index (χ1v) is 9.03. The Kier molecular flexibility index (Phi) is 6.62. The molecule has 0 saturated heterocycles. The first kappa shape index (κ1) is 19.9. The number of carbonyl (C=O) groups is 2. The second kappa shape index (κ2) is 9.34. The van der Waals surface area contributed by atoms with Crippen LogP contribution in [0.1, 0.15) is 17.2 Å². The summed E-state index contributed by atoms with van der Waals surface area (Å²) in [5.74, 6) is -1.02. The lowest BCUT2D eigenvalue weighted by Crippen LogP contribution is -2.37. The molecule has 0 bridgehead atoms. The van der Waals surface area contributed by atoms with E-state index in [1.807, 2.05) is 36.4 Å².